The van der Waals surface area contributed by atoms with E-state index in [1.807, 2.05) is 55.5 Å². The summed E-state index contributed by atoms with van der Waals surface area (Å²) < 4.78 is 5.11. The average molecular weight is 309 g/mol. The first kappa shape index (κ1) is 16.5. The second kappa shape index (κ2) is 7.94. The van der Waals surface area contributed by atoms with Crippen molar-refractivity contribution in [2.45, 2.75) is 20.0 Å². The van der Waals surface area contributed by atoms with Crippen molar-refractivity contribution in [3.63, 3.8) is 0 Å². The Bertz CT molecular complexity index is 708. The van der Waals surface area contributed by atoms with Gasteiger partial charge in [0, 0.05) is 11.8 Å². The van der Waals surface area contributed by atoms with E-state index in [4.69, 9.17) is 4.74 Å². The highest BCUT2D eigenvalue weighted by molar-refractivity contribution is 5.97. The summed E-state index contributed by atoms with van der Waals surface area (Å²) in [5.74, 6) is -0.915. The van der Waals surface area contributed by atoms with Gasteiger partial charge in [0.2, 0.25) is 0 Å². The number of hydrogen-bond acceptors (Lipinski definition) is 3. The number of carbonyl (C=O) groups is 2. The Morgan fingerprint density at radius 1 is 1.04 bits per heavy atom. The molecule has 0 aliphatic carbocycles. The molecule has 0 saturated carbocycles. The van der Waals surface area contributed by atoms with Crippen LogP contribution in [0, 0.1) is 6.92 Å². The Hall–Kier alpha value is -2.88. The van der Waals surface area contributed by atoms with E-state index in [0.717, 1.165) is 11.1 Å². The van der Waals surface area contributed by atoms with Gasteiger partial charge in [-0.1, -0.05) is 48.5 Å². The average Bonchev–Trinajstić information content (AvgIpc) is 2.56. The van der Waals surface area contributed by atoms with Crippen LogP contribution in [0.4, 0.5) is 5.69 Å². The smallest absolute Gasteiger partial charge is 0.331 e. The molecule has 23 heavy (non-hydrogen) atoms. The first-order valence-electron chi connectivity index (χ1n) is 7.36. The maximum Gasteiger partial charge on any atom is 0.331 e. The summed E-state index contributed by atoms with van der Waals surface area (Å²) in [4.78, 5) is 23.8. The maximum absolute atomic E-state index is 12.1. The lowest BCUT2D eigenvalue weighted by molar-refractivity contribution is -0.148. The summed E-state index contributed by atoms with van der Waals surface area (Å²) in [6, 6.07) is 16.8. The third-order valence-corrected chi connectivity index (χ3v) is 3.28. The molecule has 4 nitrogen and oxygen atoms in total. The monoisotopic (exact) mass is 309 g/mol. The highest BCUT2D eigenvalue weighted by atomic mass is 16.5. The molecule has 4 heteroatoms. The van der Waals surface area contributed by atoms with Crippen molar-refractivity contribution in [2.24, 2.45) is 0 Å². The zero-order valence-corrected chi connectivity index (χ0v) is 13.2. The second-order valence-corrected chi connectivity index (χ2v) is 5.13. The standard InChI is InChI=1S/C19H19NO3/c1-14-8-6-7-11-17(14)20-19(22)15(2)23-18(21)13-12-16-9-4-3-5-10-16/h3-13,15H,1-2H3,(H,20,22)/b13-12+. The number of anilines is 1. The quantitative estimate of drug-likeness (QED) is 0.678. The molecule has 0 fully saturated rings. The number of esters is 1. The fourth-order valence-corrected chi connectivity index (χ4v) is 1.94. The van der Waals surface area contributed by atoms with E-state index < -0.39 is 12.1 Å². The third-order valence-electron chi connectivity index (χ3n) is 3.28. The lowest BCUT2D eigenvalue weighted by Gasteiger charge is -2.13. The SMILES string of the molecule is Cc1ccccc1NC(=O)C(C)OC(=O)/C=C/c1ccccc1. The molecule has 0 aliphatic heterocycles. The molecule has 2 aromatic rings. The van der Waals surface area contributed by atoms with E-state index in [1.54, 1.807) is 19.1 Å². The van der Waals surface area contributed by atoms with Crippen molar-refractivity contribution >= 4 is 23.6 Å². The number of hydrogen-bond donors (Lipinski definition) is 1. The van der Waals surface area contributed by atoms with E-state index >= 15 is 0 Å². The van der Waals surface area contributed by atoms with E-state index in [9.17, 15) is 9.59 Å². The van der Waals surface area contributed by atoms with Crippen molar-refractivity contribution in [1.29, 1.82) is 0 Å². The van der Waals surface area contributed by atoms with E-state index in [0.29, 0.717) is 5.69 Å². The van der Waals surface area contributed by atoms with Gasteiger partial charge in [0.25, 0.3) is 5.91 Å². The molecule has 118 valence electrons. The Morgan fingerprint density at radius 2 is 1.70 bits per heavy atom. The fraction of sp³-hybridized carbons (Fsp3) is 0.158. The minimum atomic E-state index is -0.873. The van der Waals surface area contributed by atoms with E-state index in [-0.39, 0.29) is 5.91 Å². The fourth-order valence-electron chi connectivity index (χ4n) is 1.94. The zero-order chi connectivity index (χ0) is 16.7. The van der Waals surface area contributed by atoms with Crippen molar-refractivity contribution in [3.8, 4) is 0 Å². The Kier molecular flexibility index (Phi) is 5.69. The van der Waals surface area contributed by atoms with Crippen molar-refractivity contribution < 1.29 is 14.3 Å². The summed E-state index contributed by atoms with van der Waals surface area (Å²) in [6.45, 7) is 3.44. The van der Waals surface area contributed by atoms with Crippen LogP contribution in [0.2, 0.25) is 0 Å². The predicted octanol–water partition coefficient (Wildman–Crippen LogP) is 3.58. The number of rotatable bonds is 5. The number of amides is 1. The molecule has 0 radical (unpaired) electrons. The maximum atomic E-state index is 12.1. The minimum Gasteiger partial charge on any atom is -0.449 e. The Morgan fingerprint density at radius 3 is 2.39 bits per heavy atom. The summed E-state index contributed by atoms with van der Waals surface area (Å²) in [5, 5.41) is 2.75. The van der Waals surface area contributed by atoms with Gasteiger partial charge in [0.1, 0.15) is 0 Å². The number of benzene rings is 2. The van der Waals surface area contributed by atoms with Gasteiger partial charge in [-0.05, 0) is 37.1 Å². The minimum absolute atomic E-state index is 0.360. The topological polar surface area (TPSA) is 55.4 Å². The molecule has 0 aliphatic rings. The Labute approximate surface area is 135 Å². The van der Waals surface area contributed by atoms with Crippen LogP contribution in [0.25, 0.3) is 6.08 Å². The highest BCUT2D eigenvalue weighted by Gasteiger charge is 2.17. The van der Waals surface area contributed by atoms with Crippen LogP contribution in [0.1, 0.15) is 18.1 Å². The summed E-state index contributed by atoms with van der Waals surface area (Å²) in [6.07, 6.45) is 2.09. The van der Waals surface area contributed by atoms with Crippen LogP contribution in [-0.2, 0) is 14.3 Å². The molecular formula is C19H19NO3. The van der Waals surface area contributed by atoms with Gasteiger partial charge < -0.3 is 10.1 Å². The first-order chi connectivity index (χ1) is 11.1. The molecule has 0 spiro atoms. The molecule has 0 aromatic heterocycles. The zero-order valence-electron chi connectivity index (χ0n) is 13.2. The van der Waals surface area contributed by atoms with Crippen LogP contribution in [-0.4, -0.2) is 18.0 Å². The molecule has 1 unspecified atom stereocenters. The normalized spacial score (nSPS) is 11.9. The van der Waals surface area contributed by atoms with Crippen LogP contribution >= 0.6 is 0 Å². The molecule has 1 atom stereocenters. The first-order valence-corrected chi connectivity index (χ1v) is 7.36. The number of nitrogens with one attached hydrogen (secondary N) is 1. The van der Waals surface area contributed by atoms with Gasteiger partial charge in [-0.2, -0.15) is 0 Å². The summed E-state index contributed by atoms with van der Waals surface area (Å²) in [7, 11) is 0. The molecule has 1 amide bonds. The summed E-state index contributed by atoms with van der Waals surface area (Å²) >= 11 is 0. The van der Waals surface area contributed by atoms with Crippen LogP contribution in [0.15, 0.2) is 60.7 Å². The molecule has 1 N–H and O–H groups in total. The van der Waals surface area contributed by atoms with Gasteiger partial charge in [-0.15, -0.1) is 0 Å². The highest BCUT2D eigenvalue weighted by Crippen LogP contribution is 2.13. The number of para-hydroxylation sites is 1. The predicted molar refractivity (Wildman–Crippen MR) is 90.8 cm³/mol. The summed E-state index contributed by atoms with van der Waals surface area (Å²) in [5.41, 5.74) is 2.55. The van der Waals surface area contributed by atoms with E-state index in [2.05, 4.69) is 5.32 Å². The van der Waals surface area contributed by atoms with Crippen LogP contribution in [0.3, 0.4) is 0 Å². The molecule has 0 saturated heterocycles. The van der Waals surface area contributed by atoms with Crippen LogP contribution < -0.4 is 5.32 Å². The lowest BCUT2D eigenvalue weighted by Crippen LogP contribution is -2.29. The third kappa shape index (κ3) is 5.11. The molecular weight excluding hydrogens is 290 g/mol. The van der Waals surface area contributed by atoms with Gasteiger partial charge in [0.15, 0.2) is 6.10 Å². The lowest BCUT2D eigenvalue weighted by atomic mass is 10.2. The largest absolute Gasteiger partial charge is 0.449 e. The van der Waals surface area contributed by atoms with Crippen LogP contribution in [0.5, 0.6) is 0 Å². The molecule has 2 aromatic carbocycles. The molecule has 0 heterocycles. The number of carbonyl (C=O) groups excluding carboxylic acids is 2. The second-order valence-electron chi connectivity index (χ2n) is 5.13. The van der Waals surface area contributed by atoms with Gasteiger partial charge in [-0.25, -0.2) is 4.79 Å². The van der Waals surface area contributed by atoms with Gasteiger partial charge in [-0.3, -0.25) is 4.79 Å². The molecule has 0 bridgehead atoms. The van der Waals surface area contributed by atoms with Gasteiger partial charge in [0.05, 0.1) is 0 Å². The molecule has 2 rings (SSSR count). The Balaban J connectivity index is 1.89. The number of aryl methyl sites for hydroxylation is 1. The van der Waals surface area contributed by atoms with Crippen molar-refractivity contribution in [3.05, 3.63) is 71.8 Å². The van der Waals surface area contributed by atoms with Crippen molar-refractivity contribution in [2.75, 3.05) is 5.32 Å². The van der Waals surface area contributed by atoms with Crippen molar-refractivity contribution in [1.82, 2.24) is 0 Å². The van der Waals surface area contributed by atoms with Gasteiger partial charge >= 0.3 is 5.97 Å². The van der Waals surface area contributed by atoms with E-state index in [1.165, 1.54) is 6.08 Å². The number of ether oxygens (including phenoxy) is 1.